The van der Waals surface area contributed by atoms with Gasteiger partial charge in [0.1, 0.15) is 0 Å². The average Bonchev–Trinajstić information content (AvgIpc) is 2.54. The Bertz CT molecular complexity index is 706. The third-order valence-corrected chi connectivity index (χ3v) is 4.61. The van der Waals surface area contributed by atoms with Crippen molar-refractivity contribution < 1.29 is 4.79 Å². The summed E-state index contributed by atoms with van der Waals surface area (Å²) in [5.41, 5.74) is 4.18. The number of hydrogen-bond donors (Lipinski definition) is 1. The maximum absolute atomic E-state index is 12.4. The van der Waals surface area contributed by atoms with Crippen molar-refractivity contribution in [2.75, 3.05) is 5.32 Å². The van der Waals surface area contributed by atoms with Crippen molar-refractivity contribution in [2.45, 2.75) is 25.7 Å². The van der Waals surface area contributed by atoms with Crippen molar-refractivity contribution in [2.24, 2.45) is 0 Å². The highest BCUT2D eigenvalue weighted by Gasteiger charge is 2.21. The van der Waals surface area contributed by atoms with Crippen molar-refractivity contribution in [1.29, 1.82) is 0 Å². The molecule has 0 aromatic heterocycles. The molecule has 0 radical (unpaired) electrons. The molecule has 0 saturated carbocycles. The van der Waals surface area contributed by atoms with Gasteiger partial charge in [0.15, 0.2) is 5.78 Å². The van der Waals surface area contributed by atoms with E-state index in [0.29, 0.717) is 12.8 Å². The lowest BCUT2D eigenvalue weighted by atomic mass is 9.90. The van der Waals surface area contributed by atoms with Crippen molar-refractivity contribution >= 4 is 27.4 Å². The van der Waals surface area contributed by atoms with Gasteiger partial charge in [-0.25, -0.2) is 0 Å². The second-order valence-electron chi connectivity index (χ2n) is 5.50. The lowest BCUT2D eigenvalue weighted by Gasteiger charge is -2.21. The number of carbonyl (C=O) groups excluding carboxylic acids is 1. The first-order valence-corrected chi connectivity index (χ1v) is 8.34. The van der Waals surface area contributed by atoms with Crippen molar-refractivity contribution in [3.05, 3.63) is 75.9 Å². The molecule has 22 heavy (non-hydrogen) atoms. The van der Waals surface area contributed by atoms with E-state index in [-0.39, 0.29) is 5.78 Å². The Morgan fingerprint density at radius 2 is 1.68 bits per heavy atom. The number of nitrogens with one attached hydrogen (secondary N) is 1. The number of benzene rings is 2. The van der Waals surface area contributed by atoms with Gasteiger partial charge in [-0.1, -0.05) is 42.5 Å². The fourth-order valence-corrected chi connectivity index (χ4v) is 3.15. The minimum atomic E-state index is 0.268. The summed E-state index contributed by atoms with van der Waals surface area (Å²) in [5, 5.41) is 3.46. The van der Waals surface area contributed by atoms with Crippen LogP contribution in [0.3, 0.4) is 0 Å². The third-order valence-electron chi connectivity index (χ3n) is 3.91. The van der Waals surface area contributed by atoms with E-state index in [1.807, 2.05) is 42.5 Å². The molecule has 1 aliphatic carbocycles. The number of ketones is 1. The normalized spacial score (nSPS) is 15.0. The van der Waals surface area contributed by atoms with Crippen LogP contribution in [-0.4, -0.2) is 5.78 Å². The fourth-order valence-electron chi connectivity index (χ4n) is 2.76. The zero-order valence-electron chi connectivity index (χ0n) is 12.3. The fraction of sp³-hybridized carbons (Fsp3) is 0.211. The molecule has 0 fully saturated rings. The molecule has 3 heteroatoms. The highest BCUT2D eigenvalue weighted by atomic mass is 79.9. The van der Waals surface area contributed by atoms with Crippen LogP contribution in [0.25, 0.3) is 0 Å². The summed E-state index contributed by atoms with van der Waals surface area (Å²) < 4.78 is 1.01. The van der Waals surface area contributed by atoms with Gasteiger partial charge in [0, 0.05) is 28.6 Å². The van der Waals surface area contributed by atoms with Crippen LogP contribution in [0.4, 0.5) is 5.69 Å². The largest absolute Gasteiger partial charge is 0.358 e. The van der Waals surface area contributed by atoms with Gasteiger partial charge in [-0.05, 0) is 46.5 Å². The number of para-hydroxylation sites is 1. The Labute approximate surface area is 139 Å². The maximum atomic E-state index is 12.4. The van der Waals surface area contributed by atoms with Crippen molar-refractivity contribution in [3.63, 3.8) is 0 Å². The summed E-state index contributed by atoms with van der Waals surface area (Å²) in [4.78, 5) is 12.4. The lowest BCUT2D eigenvalue weighted by Crippen LogP contribution is -2.18. The minimum absolute atomic E-state index is 0.268. The predicted molar refractivity (Wildman–Crippen MR) is 93.8 cm³/mol. The second kappa shape index (κ2) is 6.93. The number of halogens is 1. The van der Waals surface area contributed by atoms with Crippen LogP contribution in [0.1, 0.15) is 24.8 Å². The molecule has 0 spiro atoms. The second-order valence-corrected chi connectivity index (χ2v) is 6.36. The Hall–Kier alpha value is -1.87. The number of carbonyl (C=O) groups is 1. The van der Waals surface area contributed by atoms with Crippen LogP contribution < -0.4 is 5.32 Å². The van der Waals surface area contributed by atoms with Crippen LogP contribution in [0.2, 0.25) is 0 Å². The molecule has 3 rings (SSSR count). The molecular formula is C19H18BrNO. The molecule has 2 aromatic carbocycles. The molecule has 0 heterocycles. The summed E-state index contributed by atoms with van der Waals surface area (Å²) >= 11 is 3.55. The first-order valence-electron chi connectivity index (χ1n) is 7.55. The molecule has 0 saturated heterocycles. The molecule has 1 N–H and O–H groups in total. The standard InChI is InChI=1S/C19H18BrNO/c20-16-9-4-5-10-18(16)21-17-11-6-12-19(22)15(17)13-14-7-2-1-3-8-14/h1-5,7-10,21H,6,11-13H2. The number of allylic oxidation sites excluding steroid dienone is 2. The van der Waals surface area contributed by atoms with Gasteiger partial charge in [0.2, 0.25) is 0 Å². The van der Waals surface area contributed by atoms with Gasteiger partial charge in [-0.3, -0.25) is 4.79 Å². The first kappa shape index (κ1) is 15.0. The molecule has 0 bridgehead atoms. The van der Waals surface area contributed by atoms with Crippen LogP contribution in [-0.2, 0) is 11.2 Å². The zero-order chi connectivity index (χ0) is 15.4. The lowest BCUT2D eigenvalue weighted by molar-refractivity contribution is -0.116. The van der Waals surface area contributed by atoms with Crippen LogP contribution >= 0.6 is 15.9 Å². The maximum Gasteiger partial charge on any atom is 0.160 e. The smallest absolute Gasteiger partial charge is 0.160 e. The molecule has 0 unspecified atom stereocenters. The van der Waals surface area contributed by atoms with Crippen LogP contribution in [0, 0.1) is 0 Å². The molecule has 1 aliphatic rings. The molecule has 0 aliphatic heterocycles. The Morgan fingerprint density at radius 1 is 0.955 bits per heavy atom. The molecule has 0 amide bonds. The van der Waals surface area contributed by atoms with E-state index in [0.717, 1.165) is 34.3 Å². The predicted octanol–water partition coefficient (Wildman–Crippen LogP) is 5.11. The van der Waals surface area contributed by atoms with Gasteiger partial charge < -0.3 is 5.32 Å². The zero-order valence-corrected chi connectivity index (χ0v) is 13.9. The van der Waals surface area contributed by atoms with Gasteiger partial charge in [-0.15, -0.1) is 0 Å². The minimum Gasteiger partial charge on any atom is -0.358 e. The third kappa shape index (κ3) is 3.47. The number of anilines is 1. The summed E-state index contributed by atoms with van der Waals surface area (Å²) in [6.45, 7) is 0. The van der Waals surface area contributed by atoms with E-state index >= 15 is 0 Å². The molecule has 2 nitrogen and oxygen atoms in total. The highest BCUT2D eigenvalue weighted by molar-refractivity contribution is 9.10. The quantitative estimate of drug-likeness (QED) is 0.825. The van der Waals surface area contributed by atoms with Gasteiger partial charge >= 0.3 is 0 Å². The van der Waals surface area contributed by atoms with Crippen LogP contribution in [0.5, 0.6) is 0 Å². The van der Waals surface area contributed by atoms with Crippen molar-refractivity contribution in [1.82, 2.24) is 0 Å². The first-order chi connectivity index (χ1) is 10.7. The van der Waals surface area contributed by atoms with Gasteiger partial charge in [0.25, 0.3) is 0 Å². The van der Waals surface area contributed by atoms with E-state index < -0.39 is 0 Å². The van der Waals surface area contributed by atoms with E-state index in [9.17, 15) is 4.79 Å². The molecule has 0 atom stereocenters. The average molecular weight is 356 g/mol. The highest BCUT2D eigenvalue weighted by Crippen LogP contribution is 2.29. The van der Waals surface area contributed by atoms with Crippen molar-refractivity contribution in [3.8, 4) is 0 Å². The van der Waals surface area contributed by atoms with E-state index in [2.05, 4.69) is 33.4 Å². The molecule has 2 aromatic rings. The summed E-state index contributed by atoms with van der Waals surface area (Å²) in [6, 6.07) is 18.2. The topological polar surface area (TPSA) is 29.1 Å². The number of hydrogen-bond acceptors (Lipinski definition) is 2. The monoisotopic (exact) mass is 355 g/mol. The summed E-state index contributed by atoms with van der Waals surface area (Å²) in [7, 11) is 0. The number of Topliss-reactive ketones (excluding diaryl/α,β-unsaturated/α-hetero) is 1. The summed E-state index contributed by atoms with van der Waals surface area (Å²) in [6.07, 6.45) is 3.20. The Balaban J connectivity index is 1.91. The van der Waals surface area contributed by atoms with E-state index in [1.54, 1.807) is 0 Å². The Morgan fingerprint density at radius 3 is 2.45 bits per heavy atom. The van der Waals surface area contributed by atoms with Crippen LogP contribution in [0.15, 0.2) is 70.3 Å². The Kier molecular flexibility index (Phi) is 4.74. The van der Waals surface area contributed by atoms with Gasteiger partial charge in [-0.2, -0.15) is 0 Å². The molecular weight excluding hydrogens is 338 g/mol. The molecule has 112 valence electrons. The SMILES string of the molecule is O=C1CCCC(Nc2ccccc2Br)=C1Cc1ccccc1. The van der Waals surface area contributed by atoms with Gasteiger partial charge in [0.05, 0.1) is 5.69 Å². The van der Waals surface area contributed by atoms with E-state index in [1.165, 1.54) is 5.56 Å². The summed E-state index contributed by atoms with van der Waals surface area (Å²) in [5.74, 6) is 0.268. The van der Waals surface area contributed by atoms with E-state index in [4.69, 9.17) is 0 Å². The number of rotatable bonds is 4.